The van der Waals surface area contributed by atoms with Gasteiger partial charge in [-0.3, -0.25) is 4.79 Å². The number of nitrogens with zero attached hydrogens (tertiary/aromatic N) is 1. The van der Waals surface area contributed by atoms with E-state index >= 15 is 0 Å². The topological polar surface area (TPSA) is 29.5 Å². The summed E-state index contributed by atoms with van der Waals surface area (Å²) in [6, 6.07) is 38.9. The number of Topliss-reactive ketones (excluding diaryl/α,β-unsaturated/α-hetero) is 1. The number of carbonyl (C=O) groups excluding carboxylic acids is 1. The van der Waals surface area contributed by atoms with Crippen molar-refractivity contribution in [1.82, 2.24) is 0 Å². The molecule has 0 bridgehead atoms. The first-order valence-corrected chi connectivity index (χ1v) is 12.5. The van der Waals surface area contributed by atoms with Crippen molar-refractivity contribution in [3.8, 4) is 5.75 Å². The van der Waals surface area contributed by atoms with Crippen molar-refractivity contribution < 1.29 is 9.53 Å². The zero-order valence-corrected chi connectivity index (χ0v) is 20.6. The molecule has 4 aromatic rings. The van der Waals surface area contributed by atoms with Gasteiger partial charge >= 0.3 is 0 Å². The SMILES string of the molecule is COc1cccc(C2(Cc3ccccc3)CCC/C(=C\N(c3ccccc3)c3ccccc3)C2=O)c1. The third-order valence-electron chi connectivity index (χ3n) is 7.10. The van der Waals surface area contributed by atoms with Gasteiger partial charge in [0.05, 0.1) is 12.5 Å². The number of methoxy groups -OCH3 is 1. The molecule has 1 fully saturated rings. The number of ketones is 1. The van der Waals surface area contributed by atoms with Gasteiger partial charge < -0.3 is 9.64 Å². The second kappa shape index (κ2) is 10.7. The van der Waals surface area contributed by atoms with E-state index in [-0.39, 0.29) is 5.78 Å². The van der Waals surface area contributed by atoms with Crippen molar-refractivity contribution in [3.05, 3.63) is 138 Å². The van der Waals surface area contributed by atoms with Crippen LogP contribution in [-0.4, -0.2) is 12.9 Å². The van der Waals surface area contributed by atoms with Gasteiger partial charge in [0.15, 0.2) is 5.78 Å². The van der Waals surface area contributed by atoms with Crippen LogP contribution in [0.25, 0.3) is 0 Å². The van der Waals surface area contributed by atoms with Gasteiger partial charge in [0.2, 0.25) is 0 Å². The molecule has 0 radical (unpaired) electrons. The average molecular weight is 474 g/mol. The maximum absolute atomic E-state index is 14.5. The van der Waals surface area contributed by atoms with Crippen LogP contribution in [0.4, 0.5) is 11.4 Å². The maximum atomic E-state index is 14.5. The third kappa shape index (κ3) is 4.83. The van der Waals surface area contributed by atoms with Gasteiger partial charge in [-0.15, -0.1) is 0 Å². The number of hydrogen-bond donors (Lipinski definition) is 0. The highest BCUT2D eigenvalue weighted by Gasteiger charge is 2.44. The largest absolute Gasteiger partial charge is 0.497 e. The molecule has 180 valence electrons. The van der Waals surface area contributed by atoms with Crippen molar-refractivity contribution in [3.63, 3.8) is 0 Å². The van der Waals surface area contributed by atoms with E-state index in [1.807, 2.05) is 72.8 Å². The summed E-state index contributed by atoms with van der Waals surface area (Å²) in [7, 11) is 1.68. The number of benzene rings is 4. The molecule has 0 aromatic heterocycles. The highest BCUT2D eigenvalue weighted by Crippen LogP contribution is 2.43. The molecule has 36 heavy (non-hydrogen) atoms. The summed E-state index contributed by atoms with van der Waals surface area (Å²) in [5.41, 5.74) is 4.46. The fourth-order valence-electron chi connectivity index (χ4n) is 5.28. The van der Waals surface area contributed by atoms with Crippen LogP contribution in [-0.2, 0) is 16.6 Å². The van der Waals surface area contributed by atoms with Gasteiger partial charge in [0, 0.05) is 23.1 Å². The van der Waals surface area contributed by atoms with Crippen LogP contribution in [0, 0.1) is 0 Å². The Bertz CT molecular complexity index is 1290. The van der Waals surface area contributed by atoms with Crippen molar-refractivity contribution in [2.45, 2.75) is 31.1 Å². The molecule has 0 aliphatic heterocycles. The van der Waals surface area contributed by atoms with Crippen molar-refractivity contribution in [2.24, 2.45) is 0 Å². The number of hydrogen-bond acceptors (Lipinski definition) is 3. The summed E-state index contributed by atoms with van der Waals surface area (Å²) < 4.78 is 5.55. The zero-order chi connectivity index (χ0) is 24.8. The molecule has 0 spiro atoms. The lowest BCUT2D eigenvalue weighted by Gasteiger charge is -2.38. The monoisotopic (exact) mass is 473 g/mol. The third-order valence-corrected chi connectivity index (χ3v) is 7.10. The summed E-state index contributed by atoms with van der Waals surface area (Å²) >= 11 is 0. The number of anilines is 2. The number of rotatable bonds is 7. The van der Waals surface area contributed by atoms with E-state index in [0.717, 1.165) is 53.1 Å². The number of para-hydroxylation sites is 2. The van der Waals surface area contributed by atoms with Crippen LogP contribution in [0.2, 0.25) is 0 Å². The molecule has 3 nitrogen and oxygen atoms in total. The molecule has 1 aliphatic rings. The standard InChI is InChI=1S/C33H31NO2/c1-36-31-21-11-16-28(23-31)33(24-26-13-5-2-6-14-26)22-12-15-27(32(33)35)25-34(29-17-7-3-8-18-29)30-19-9-4-10-20-30/h2-11,13-14,16-21,23,25H,12,15,22,24H2,1H3/b27-25+. The Hall–Kier alpha value is -4.11. The molecular weight excluding hydrogens is 442 g/mol. The summed E-state index contributed by atoms with van der Waals surface area (Å²) in [6.07, 6.45) is 5.23. The Kier molecular flexibility index (Phi) is 6.99. The lowest BCUT2D eigenvalue weighted by atomic mass is 9.64. The Balaban J connectivity index is 1.62. The van der Waals surface area contributed by atoms with E-state index in [1.54, 1.807) is 7.11 Å². The van der Waals surface area contributed by atoms with E-state index in [1.165, 1.54) is 0 Å². The summed E-state index contributed by atoms with van der Waals surface area (Å²) in [5, 5.41) is 0. The predicted octanol–water partition coefficient (Wildman–Crippen LogP) is 7.65. The highest BCUT2D eigenvalue weighted by atomic mass is 16.5. The number of carbonyl (C=O) groups is 1. The maximum Gasteiger partial charge on any atom is 0.171 e. The minimum atomic E-state index is -0.640. The average Bonchev–Trinajstić information content (AvgIpc) is 2.95. The van der Waals surface area contributed by atoms with Gasteiger partial charge in [-0.25, -0.2) is 0 Å². The van der Waals surface area contributed by atoms with Gasteiger partial charge in [-0.05, 0) is 73.2 Å². The minimum Gasteiger partial charge on any atom is -0.497 e. The molecule has 1 saturated carbocycles. The molecule has 1 unspecified atom stereocenters. The Morgan fingerprint density at radius 1 is 0.806 bits per heavy atom. The van der Waals surface area contributed by atoms with Crippen LogP contribution < -0.4 is 9.64 Å². The second-order valence-electron chi connectivity index (χ2n) is 9.35. The Labute approximate surface area is 213 Å². The molecular formula is C33H31NO2. The summed E-state index contributed by atoms with van der Waals surface area (Å²) in [5.74, 6) is 0.974. The zero-order valence-electron chi connectivity index (χ0n) is 20.6. The minimum absolute atomic E-state index is 0.197. The first kappa shape index (κ1) is 23.6. The number of allylic oxidation sites excluding steroid dienone is 1. The Morgan fingerprint density at radius 2 is 1.42 bits per heavy atom. The molecule has 0 heterocycles. The van der Waals surface area contributed by atoms with Crippen molar-refractivity contribution in [2.75, 3.05) is 12.0 Å². The van der Waals surface area contributed by atoms with Crippen molar-refractivity contribution in [1.29, 1.82) is 0 Å². The van der Waals surface area contributed by atoms with Gasteiger partial charge in [0.1, 0.15) is 5.75 Å². The lowest BCUT2D eigenvalue weighted by molar-refractivity contribution is -0.122. The van der Waals surface area contributed by atoms with E-state index in [9.17, 15) is 4.79 Å². The molecule has 0 N–H and O–H groups in total. The van der Waals surface area contributed by atoms with E-state index in [4.69, 9.17) is 4.74 Å². The van der Waals surface area contributed by atoms with Gasteiger partial charge in [-0.1, -0.05) is 78.9 Å². The van der Waals surface area contributed by atoms with E-state index < -0.39 is 5.41 Å². The summed E-state index contributed by atoms with van der Waals surface area (Å²) in [4.78, 5) is 16.7. The van der Waals surface area contributed by atoms with Crippen LogP contribution in [0.5, 0.6) is 5.75 Å². The van der Waals surface area contributed by atoms with Crippen LogP contribution in [0.3, 0.4) is 0 Å². The van der Waals surface area contributed by atoms with E-state index in [2.05, 4.69) is 53.6 Å². The molecule has 0 saturated heterocycles. The first-order valence-electron chi connectivity index (χ1n) is 12.5. The molecule has 4 aromatic carbocycles. The van der Waals surface area contributed by atoms with Crippen LogP contribution in [0.15, 0.2) is 127 Å². The van der Waals surface area contributed by atoms with E-state index in [0.29, 0.717) is 6.42 Å². The van der Waals surface area contributed by atoms with Gasteiger partial charge in [-0.2, -0.15) is 0 Å². The van der Waals surface area contributed by atoms with Crippen LogP contribution >= 0.6 is 0 Å². The second-order valence-corrected chi connectivity index (χ2v) is 9.35. The quantitative estimate of drug-likeness (QED) is 0.258. The van der Waals surface area contributed by atoms with Crippen LogP contribution in [0.1, 0.15) is 30.4 Å². The molecule has 1 atom stereocenters. The normalized spacial score (nSPS) is 18.7. The smallest absolute Gasteiger partial charge is 0.171 e. The summed E-state index contributed by atoms with van der Waals surface area (Å²) in [6.45, 7) is 0. The fourth-order valence-corrected chi connectivity index (χ4v) is 5.28. The predicted molar refractivity (Wildman–Crippen MR) is 147 cm³/mol. The van der Waals surface area contributed by atoms with Crippen molar-refractivity contribution >= 4 is 17.2 Å². The molecule has 5 rings (SSSR count). The van der Waals surface area contributed by atoms with Gasteiger partial charge in [0.25, 0.3) is 0 Å². The molecule has 1 aliphatic carbocycles. The molecule has 0 amide bonds. The lowest BCUT2D eigenvalue weighted by Crippen LogP contribution is -2.42. The fraction of sp³-hybridized carbons (Fsp3) is 0.182. The highest BCUT2D eigenvalue weighted by molar-refractivity contribution is 6.05. The first-order chi connectivity index (χ1) is 17.7. The number of ether oxygens (including phenoxy) is 1. The Morgan fingerprint density at radius 3 is 2.03 bits per heavy atom. The molecule has 3 heteroatoms.